The van der Waals surface area contributed by atoms with E-state index in [1.807, 2.05) is 6.92 Å². The first-order valence-electron chi connectivity index (χ1n) is 6.17. The summed E-state index contributed by atoms with van der Waals surface area (Å²) in [4.78, 5) is 15.5. The van der Waals surface area contributed by atoms with Crippen LogP contribution in [-0.2, 0) is 5.75 Å². The highest BCUT2D eigenvalue weighted by Gasteiger charge is 2.10. The number of benzene rings is 1. The number of aromatic carboxylic acids is 1. The van der Waals surface area contributed by atoms with Crippen LogP contribution in [0.15, 0.2) is 35.2 Å². The van der Waals surface area contributed by atoms with E-state index in [4.69, 9.17) is 9.84 Å². The van der Waals surface area contributed by atoms with Gasteiger partial charge < -0.3 is 9.84 Å². The van der Waals surface area contributed by atoms with Crippen LogP contribution in [0.25, 0.3) is 0 Å². The van der Waals surface area contributed by atoms with Crippen LogP contribution < -0.4 is 4.74 Å². The predicted octanol–water partition coefficient (Wildman–Crippen LogP) is 3.53. The average Bonchev–Trinajstić information content (AvgIpc) is 2.45. The van der Waals surface area contributed by atoms with Crippen molar-refractivity contribution in [1.82, 2.24) is 4.98 Å². The third kappa shape index (κ3) is 3.95. The predicted molar refractivity (Wildman–Crippen MR) is 78.4 cm³/mol. The van der Waals surface area contributed by atoms with Gasteiger partial charge >= 0.3 is 5.97 Å². The molecule has 0 aliphatic heterocycles. The lowest BCUT2D eigenvalue weighted by Gasteiger charge is -2.07. The van der Waals surface area contributed by atoms with Gasteiger partial charge in [0, 0.05) is 28.5 Å². The van der Waals surface area contributed by atoms with Crippen molar-refractivity contribution in [1.29, 1.82) is 0 Å². The van der Waals surface area contributed by atoms with Gasteiger partial charge in [-0.1, -0.05) is 0 Å². The van der Waals surface area contributed by atoms with E-state index >= 15 is 0 Å². The van der Waals surface area contributed by atoms with Crippen molar-refractivity contribution in [2.75, 3.05) is 7.11 Å². The van der Waals surface area contributed by atoms with Crippen LogP contribution in [0.2, 0.25) is 0 Å². The number of aromatic nitrogens is 1. The Hall–Kier alpha value is -2.08. The molecule has 2 rings (SSSR count). The number of aryl methyl sites for hydroxylation is 1. The number of halogens is 1. The summed E-state index contributed by atoms with van der Waals surface area (Å²) in [7, 11) is 1.57. The number of hydrogen-bond acceptors (Lipinski definition) is 4. The number of thioether (sulfide) groups is 1. The monoisotopic (exact) mass is 307 g/mol. The van der Waals surface area contributed by atoms with Crippen LogP contribution in [0, 0.1) is 12.7 Å². The van der Waals surface area contributed by atoms with E-state index in [0.717, 1.165) is 17.5 Å². The Labute approximate surface area is 126 Å². The Morgan fingerprint density at radius 3 is 2.81 bits per heavy atom. The highest BCUT2D eigenvalue weighted by atomic mass is 32.2. The molecule has 1 aromatic carbocycles. The zero-order valence-electron chi connectivity index (χ0n) is 11.6. The lowest BCUT2D eigenvalue weighted by molar-refractivity contribution is 0.0696. The Morgan fingerprint density at radius 1 is 1.38 bits per heavy atom. The number of hydrogen-bond donors (Lipinski definition) is 1. The number of pyridine rings is 1. The van der Waals surface area contributed by atoms with Crippen LogP contribution in [0.1, 0.15) is 21.7 Å². The smallest absolute Gasteiger partial charge is 0.335 e. The van der Waals surface area contributed by atoms with Crippen molar-refractivity contribution in [2.45, 2.75) is 17.6 Å². The first-order chi connectivity index (χ1) is 9.99. The third-order valence-electron chi connectivity index (χ3n) is 2.77. The number of carboxylic acids is 1. The van der Waals surface area contributed by atoms with Gasteiger partial charge in [0.15, 0.2) is 0 Å². The van der Waals surface area contributed by atoms with Crippen molar-refractivity contribution >= 4 is 17.7 Å². The third-order valence-corrected chi connectivity index (χ3v) is 3.83. The fourth-order valence-corrected chi connectivity index (χ4v) is 2.66. The summed E-state index contributed by atoms with van der Waals surface area (Å²) in [5.41, 5.74) is 1.62. The Kier molecular flexibility index (Phi) is 4.80. The standard InChI is InChI=1S/C15H14FNO3S/c1-9-5-12(20-2)7-11(17-9)8-21-14-6-10(15(18)19)3-4-13(14)16/h3-7H,8H2,1-2H3,(H,18,19). The fraction of sp³-hybridized carbons (Fsp3) is 0.200. The van der Waals surface area contributed by atoms with Crippen molar-refractivity contribution in [3.8, 4) is 5.75 Å². The van der Waals surface area contributed by atoms with Crippen LogP contribution in [0.4, 0.5) is 4.39 Å². The van der Waals surface area contributed by atoms with Crippen LogP contribution >= 0.6 is 11.8 Å². The highest BCUT2D eigenvalue weighted by molar-refractivity contribution is 7.98. The Morgan fingerprint density at radius 2 is 2.14 bits per heavy atom. The molecule has 4 nitrogen and oxygen atoms in total. The van der Waals surface area contributed by atoms with Gasteiger partial charge in [-0.2, -0.15) is 0 Å². The van der Waals surface area contributed by atoms with E-state index in [1.54, 1.807) is 19.2 Å². The summed E-state index contributed by atoms with van der Waals surface area (Å²) in [6, 6.07) is 7.32. The second-order valence-corrected chi connectivity index (χ2v) is 5.40. The summed E-state index contributed by atoms with van der Waals surface area (Å²) >= 11 is 1.20. The van der Waals surface area contributed by atoms with E-state index < -0.39 is 11.8 Å². The SMILES string of the molecule is COc1cc(C)nc(CSc2cc(C(=O)O)ccc2F)c1. The molecule has 0 radical (unpaired) electrons. The molecule has 21 heavy (non-hydrogen) atoms. The molecule has 0 spiro atoms. The zero-order valence-corrected chi connectivity index (χ0v) is 12.4. The zero-order chi connectivity index (χ0) is 15.4. The molecule has 110 valence electrons. The summed E-state index contributed by atoms with van der Waals surface area (Å²) in [6.45, 7) is 1.85. The van der Waals surface area contributed by atoms with Gasteiger partial charge in [0.2, 0.25) is 0 Å². The number of rotatable bonds is 5. The largest absolute Gasteiger partial charge is 0.497 e. The summed E-state index contributed by atoms with van der Waals surface area (Å²) in [5, 5.41) is 8.93. The number of methoxy groups -OCH3 is 1. The van der Waals surface area contributed by atoms with Gasteiger partial charge in [-0.05, 0) is 25.1 Å². The van der Waals surface area contributed by atoms with E-state index in [1.165, 1.54) is 23.9 Å². The number of ether oxygens (including phenoxy) is 1. The number of carbonyl (C=O) groups is 1. The van der Waals surface area contributed by atoms with Gasteiger partial charge in [-0.25, -0.2) is 9.18 Å². The minimum Gasteiger partial charge on any atom is -0.497 e. The van der Waals surface area contributed by atoms with Gasteiger partial charge in [0.1, 0.15) is 11.6 Å². The van der Waals surface area contributed by atoms with Gasteiger partial charge in [-0.15, -0.1) is 11.8 Å². The summed E-state index contributed by atoms with van der Waals surface area (Å²) in [6.07, 6.45) is 0. The molecule has 0 fully saturated rings. The van der Waals surface area contributed by atoms with Crippen molar-refractivity contribution < 1.29 is 19.0 Å². The molecule has 1 heterocycles. The Bertz CT molecular complexity index is 676. The molecular weight excluding hydrogens is 293 g/mol. The average molecular weight is 307 g/mol. The van der Waals surface area contributed by atoms with Crippen molar-refractivity contribution in [3.63, 3.8) is 0 Å². The normalized spacial score (nSPS) is 10.4. The molecule has 0 aliphatic rings. The molecule has 1 N–H and O–H groups in total. The number of nitrogens with zero attached hydrogens (tertiary/aromatic N) is 1. The highest BCUT2D eigenvalue weighted by Crippen LogP contribution is 2.27. The van der Waals surface area contributed by atoms with Gasteiger partial charge in [-0.3, -0.25) is 4.98 Å². The molecule has 0 bridgehead atoms. The van der Waals surface area contributed by atoms with Gasteiger partial charge in [0.25, 0.3) is 0 Å². The van der Waals surface area contributed by atoms with Crippen LogP contribution in [0.3, 0.4) is 0 Å². The quantitative estimate of drug-likeness (QED) is 0.856. The molecule has 0 amide bonds. The molecule has 6 heteroatoms. The van der Waals surface area contributed by atoms with Crippen molar-refractivity contribution in [2.24, 2.45) is 0 Å². The molecular formula is C15H14FNO3S. The maximum Gasteiger partial charge on any atom is 0.335 e. The minimum atomic E-state index is -1.08. The van der Waals surface area contributed by atoms with E-state index in [0.29, 0.717) is 11.5 Å². The molecule has 1 aromatic heterocycles. The summed E-state index contributed by atoms with van der Waals surface area (Å²) < 4.78 is 18.9. The first kappa shape index (κ1) is 15.3. The van der Waals surface area contributed by atoms with Crippen molar-refractivity contribution in [3.05, 3.63) is 53.1 Å². The second-order valence-electron chi connectivity index (χ2n) is 4.38. The first-order valence-corrected chi connectivity index (χ1v) is 7.15. The van der Waals surface area contributed by atoms with E-state index in [-0.39, 0.29) is 10.5 Å². The topological polar surface area (TPSA) is 59.4 Å². The molecule has 2 aromatic rings. The molecule has 0 saturated heterocycles. The minimum absolute atomic E-state index is 0.0636. The van der Waals surface area contributed by atoms with Crippen LogP contribution in [0.5, 0.6) is 5.75 Å². The molecule has 0 unspecified atom stereocenters. The number of carboxylic acid groups (broad SMARTS) is 1. The maximum absolute atomic E-state index is 13.7. The molecule has 0 aliphatic carbocycles. The van der Waals surface area contributed by atoms with E-state index in [2.05, 4.69) is 4.98 Å². The van der Waals surface area contributed by atoms with Gasteiger partial charge in [0.05, 0.1) is 18.4 Å². The van der Waals surface area contributed by atoms with E-state index in [9.17, 15) is 9.18 Å². The van der Waals surface area contributed by atoms with Crippen LogP contribution in [-0.4, -0.2) is 23.2 Å². The maximum atomic E-state index is 13.7. The molecule has 0 atom stereocenters. The lowest BCUT2D eigenvalue weighted by atomic mass is 10.2. The summed E-state index contributed by atoms with van der Waals surface area (Å²) in [5.74, 6) is -0.396. The molecule has 0 saturated carbocycles. The Balaban J connectivity index is 2.18. The lowest BCUT2D eigenvalue weighted by Crippen LogP contribution is -1.98. The fourth-order valence-electron chi connectivity index (χ4n) is 1.79. The second kappa shape index (κ2) is 6.58.